The zero-order valence-electron chi connectivity index (χ0n) is 24.5. The minimum absolute atomic E-state index is 0.0443. The molecule has 0 spiro atoms. The summed E-state index contributed by atoms with van der Waals surface area (Å²) in [5, 5.41) is 5.45. The van der Waals surface area contributed by atoms with Gasteiger partial charge < -0.3 is 19.4 Å². The molecule has 1 N–H and O–H groups in total. The Labute approximate surface area is 252 Å². The highest BCUT2D eigenvalue weighted by Crippen LogP contribution is 2.28. The number of benzene rings is 2. The Bertz CT molecular complexity index is 1580. The Morgan fingerprint density at radius 2 is 1.86 bits per heavy atom. The first-order valence-corrected chi connectivity index (χ1v) is 15.8. The molecule has 222 valence electrons. The largest absolute Gasteiger partial charge is 0.379 e. The van der Waals surface area contributed by atoms with Crippen molar-refractivity contribution in [2.75, 3.05) is 39.4 Å². The highest BCUT2D eigenvalue weighted by molar-refractivity contribution is 6.30. The number of nitrogens with zero attached hydrogens (tertiary/aromatic N) is 3. The van der Waals surface area contributed by atoms with Crippen LogP contribution in [0.1, 0.15) is 55.0 Å². The molecule has 2 aromatic carbocycles. The highest BCUT2D eigenvalue weighted by atomic mass is 35.5. The maximum absolute atomic E-state index is 13.9. The van der Waals surface area contributed by atoms with E-state index in [1.165, 1.54) is 31.4 Å². The molecular formula is C34H41ClN4O3. The molecule has 2 fully saturated rings. The second-order valence-electron chi connectivity index (χ2n) is 11.9. The standard InChI is InChI=1S/C34H41ClN4O3/c1-2-29-5-3-4-11-38(29)12-10-30-19-26-17-25(22-37-13-15-42-16-14-37)18-31-33(26)39(30)23-27(34(31)41)20-32(40)36-21-24-6-8-28(35)9-7-24/h6-9,17-19,23,29H,2-5,10-16,20-22H2,1H3,(H,36,40). The van der Waals surface area contributed by atoms with E-state index in [9.17, 15) is 9.59 Å². The van der Waals surface area contributed by atoms with E-state index in [-0.39, 0.29) is 17.8 Å². The van der Waals surface area contributed by atoms with Gasteiger partial charge in [-0.15, -0.1) is 0 Å². The molecule has 2 aromatic heterocycles. The smallest absolute Gasteiger partial charge is 0.224 e. The van der Waals surface area contributed by atoms with Crippen molar-refractivity contribution in [1.82, 2.24) is 19.5 Å². The van der Waals surface area contributed by atoms with Crippen molar-refractivity contribution in [3.8, 4) is 0 Å². The summed E-state index contributed by atoms with van der Waals surface area (Å²) in [5.74, 6) is -0.165. The Morgan fingerprint density at radius 3 is 2.64 bits per heavy atom. The van der Waals surface area contributed by atoms with Crippen LogP contribution in [0, 0.1) is 0 Å². The van der Waals surface area contributed by atoms with Gasteiger partial charge in [-0.05, 0) is 67.3 Å². The zero-order chi connectivity index (χ0) is 29.1. The third-order valence-corrected chi connectivity index (χ3v) is 9.28. The third-order valence-electron chi connectivity index (χ3n) is 9.03. The van der Waals surface area contributed by atoms with E-state index < -0.39 is 0 Å². The summed E-state index contributed by atoms with van der Waals surface area (Å²) in [7, 11) is 0. The number of hydrogen-bond donors (Lipinski definition) is 1. The molecular weight excluding hydrogens is 548 g/mol. The zero-order valence-corrected chi connectivity index (χ0v) is 25.3. The average Bonchev–Trinajstić information content (AvgIpc) is 3.36. The molecule has 1 atom stereocenters. The maximum atomic E-state index is 13.9. The lowest BCUT2D eigenvalue weighted by atomic mass is 10.00. The summed E-state index contributed by atoms with van der Waals surface area (Å²) in [6.45, 7) is 8.88. The quantitative estimate of drug-likeness (QED) is 0.281. The predicted molar refractivity (Wildman–Crippen MR) is 169 cm³/mol. The molecule has 0 saturated carbocycles. The summed E-state index contributed by atoms with van der Waals surface area (Å²) in [5.41, 5.74) is 4.74. The summed E-state index contributed by atoms with van der Waals surface area (Å²) >= 11 is 6.00. The Hall–Kier alpha value is -2.97. The molecule has 6 rings (SSSR count). The Kier molecular flexibility index (Phi) is 9.10. The minimum Gasteiger partial charge on any atom is -0.379 e. The minimum atomic E-state index is -0.165. The fourth-order valence-electron chi connectivity index (χ4n) is 6.74. The van der Waals surface area contributed by atoms with E-state index in [0.29, 0.717) is 28.6 Å². The molecule has 4 heterocycles. The molecule has 0 radical (unpaired) electrons. The number of piperidine rings is 1. The van der Waals surface area contributed by atoms with E-state index in [0.717, 1.165) is 74.4 Å². The van der Waals surface area contributed by atoms with Crippen molar-refractivity contribution in [3.63, 3.8) is 0 Å². The topological polar surface area (TPSA) is 66.3 Å². The summed E-state index contributed by atoms with van der Waals surface area (Å²) in [4.78, 5) is 31.9. The first kappa shape index (κ1) is 29.1. The average molecular weight is 589 g/mol. The van der Waals surface area contributed by atoms with Crippen LogP contribution in [0.3, 0.4) is 0 Å². The lowest BCUT2D eigenvalue weighted by molar-refractivity contribution is -0.120. The molecule has 2 aliphatic heterocycles. The van der Waals surface area contributed by atoms with Gasteiger partial charge in [0.15, 0.2) is 5.43 Å². The van der Waals surface area contributed by atoms with Crippen LogP contribution in [0.5, 0.6) is 0 Å². The fourth-order valence-corrected chi connectivity index (χ4v) is 6.87. The van der Waals surface area contributed by atoms with Gasteiger partial charge in [0.05, 0.1) is 25.2 Å². The van der Waals surface area contributed by atoms with Gasteiger partial charge in [0, 0.05) is 78.4 Å². The van der Waals surface area contributed by atoms with Gasteiger partial charge in [-0.2, -0.15) is 0 Å². The SMILES string of the molecule is CCC1CCCCN1CCc1cc2cc(CN3CCOCC3)cc3c(=O)c(CC(=O)NCc4ccc(Cl)cc4)cn1c23. The molecule has 0 aliphatic carbocycles. The van der Waals surface area contributed by atoms with Gasteiger partial charge in [0.2, 0.25) is 5.91 Å². The molecule has 1 unspecified atom stereocenters. The predicted octanol–water partition coefficient (Wildman–Crippen LogP) is 5.04. The number of ether oxygens (including phenoxy) is 1. The molecule has 1 amide bonds. The van der Waals surface area contributed by atoms with Gasteiger partial charge in [0.1, 0.15) is 0 Å². The number of halogens is 1. The number of amides is 1. The van der Waals surface area contributed by atoms with Crippen molar-refractivity contribution < 1.29 is 9.53 Å². The number of likely N-dealkylation sites (tertiary alicyclic amines) is 1. The van der Waals surface area contributed by atoms with E-state index in [2.05, 4.69) is 44.6 Å². The summed E-state index contributed by atoms with van der Waals surface area (Å²) in [6, 6.07) is 14.6. The van der Waals surface area contributed by atoms with Gasteiger partial charge in [-0.3, -0.25) is 14.5 Å². The normalized spacial score (nSPS) is 18.7. The first-order chi connectivity index (χ1) is 20.5. The van der Waals surface area contributed by atoms with Crippen molar-refractivity contribution in [1.29, 1.82) is 0 Å². The third kappa shape index (κ3) is 6.50. The number of morpholine rings is 1. The first-order valence-electron chi connectivity index (χ1n) is 15.5. The van der Waals surface area contributed by atoms with Crippen molar-refractivity contribution in [3.05, 3.63) is 86.3 Å². The Morgan fingerprint density at radius 1 is 1.05 bits per heavy atom. The molecule has 2 saturated heterocycles. The molecule has 7 nitrogen and oxygen atoms in total. The molecule has 4 aromatic rings. The number of carbonyl (C=O) groups excluding carboxylic acids is 1. The second kappa shape index (κ2) is 13.1. The number of aromatic nitrogens is 1. The highest BCUT2D eigenvalue weighted by Gasteiger charge is 2.22. The molecule has 0 bridgehead atoms. The van der Waals surface area contributed by atoms with E-state index in [1.807, 2.05) is 30.5 Å². The lowest BCUT2D eigenvalue weighted by Crippen LogP contribution is -2.40. The molecule has 2 aliphatic rings. The van der Waals surface area contributed by atoms with Crippen LogP contribution < -0.4 is 10.7 Å². The summed E-state index contributed by atoms with van der Waals surface area (Å²) in [6.07, 6.45) is 7.91. The van der Waals surface area contributed by atoms with Crippen LogP contribution in [0.25, 0.3) is 16.3 Å². The van der Waals surface area contributed by atoms with Crippen molar-refractivity contribution in [2.45, 2.75) is 64.6 Å². The van der Waals surface area contributed by atoms with Crippen molar-refractivity contribution >= 4 is 33.8 Å². The van der Waals surface area contributed by atoms with Gasteiger partial charge >= 0.3 is 0 Å². The van der Waals surface area contributed by atoms with Crippen LogP contribution in [0.4, 0.5) is 0 Å². The lowest BCUT2D eigenvalue weighted by Gasteiger charge is -2.35. The van der Waals surface area contributed by atoms with Gasteiger partial charge in [0.25, 0.3) is 0 Å². The monoisotopic (exact) mass is 588 g/mol. The van der Waals surface area contributed by atoms with E-state index in [4.69, 9.17) is 16.3 Å². The van der Waals surface area contributed by atoms with E-state index >= 15 is 0 Å². The van der Waals surface area contributed by atoms with Crippen LogP contribution in [-0.2, 0) is 35.5 Å². The Balaban J connectivity index is 1.30. The number of nitrogens with one attached hydrogen (secondary N) is 1. The molecule has 42 heavy (non-hydrogen) atoms. The summed E-state index contributed by atoms with van der Waals surface area (Å²) < 4.78 is 7.73. The molecule has 8 heteroatoms. The fraction of sp³-hybridized carbons (Fsp3) is 0.471. The van der Waals surface area contributed by atoms with Crippen molar-refractivity contribution in [2.24, 2.45) is 0 Å². The van der Waals surface area contributed by atoms with Crippen LogP contribution in [0.2, 0.25) is 5.02 Å². The number of hydrogen-bond acceptors (Lipinski definition) is 5. The number of carbonyl (C=O) groups is 1. The van der Waals surface area contributed by atoms with Gasteiger partial charge in [-0.25, -0.2) is 0 Å². The van der Waals surface area contributed by atoms with Crippen LogP contribution >= 0.6 is 11.6 Å². The maximum Gasteiger partial charge on any atom is 0.224 e. The van der Waals surface area contributed by atoms with Crippen LogP contribution in [0.15, 0.2) is 53.5 Å². The van der Waals surface area contributed by atoms with E-state index in [1.54, 1.807) is 0 Å². The van der Waals surface area contributed by atoms with Gasteiger partial charge in [-0.1, -0.05) is 37.1 Å². The van der Waals surface area contributed by atoms with Crippen LogP contribution in [-0.4, -0.2) is 65.5 Å². The number of pyridine rings is 1. The second-order valence-corrected chi connectivity index (χ2v) is 12.3. The number of rotatable bonds is 10.